The van der Waals surface area contributed by atoms with Gasteiger partial charge < -0.3 is 4.74 Å². The molecule has 1 aromatic rings. The number of likely N-dealkylation sites (tertiary alicyclic amines) is 1. The Bertz CT molecular complexity index is 539. The van der Waals surface area contributed by atoms with Gasteiger partial charge in [-0.2, -0.15) is 5.26 Å². The zero-order valence-electron chi connectivity index (χ0n) is 11.4. The van der Waals surface area contributed by atoms with Gasteiger partial charge >= 0.3 is 5.97 Å². The number of hydrogen-bond acceptors (Lipinski definition) is 4. The molecule has 0 bridgehead atoms. The van der Waals surface area contributed by atoms with Crippen molar-refractivity contribution < 1.29 is 13.9 Å². The zero-order chi connectivity index (χ0) is 14.5. The number of carbonyl (C=O) groups is 1. The Morgan fingerprint density at radius 1 is 1.55 bits per heavy atom. The first kappa shape index (κ1) is 14.5. The molecule has 1 aliphatic heterocycles. The second-order valence-corrected chi connectivity index (χ2v) is 4.90. The molecule has 0 N–H and O–H groups in total. The molecule has 106 valence electrons. The number of piperidine rings is 1. The number of carbonyl (C=O) groups excluding carboxylic acids is 1. The zero-order valence-corrected chi connectivity index (χ0v) is 11.4. The fourth-order valence-corrected chi connectivity index (χ4v) is 2.59. The highest BCUT2D eigenvalue weighted by Crippen LogP contribution is 2.22. The van der Waals surface area contributed by atoms with Crippen molar-refractivity contribution in [1.29, 1.82) is 5.26 Å². The Morgan fingerprint density at radius 2 is 2.35 bits per heavy atom. The SMILES string of the molecule is COC(=O)C1CCCCN1Cc1cccc(C#N)c1F. The van der Waals surface area contributed by atoms with E-state index in [1.54, 1.807) is 12.1 Å². The van der Waals surface area contributed by atoms with Gasteiger partial charge in [-0.05, 0) is 25.5 Å². The number of nitriles is 1. The van der Waals surface area contributed by atoms with Crippen LogP contribution in [0.25, 0.3) is 0 Å². The van der Waals surface area contributed by atoms with E-state index in [1.807, 2.05) is 11.0 Å². The molecule has 0 spiro atoms. The minimum absolute atomic E-state index is 0.0362. The van der Waals surface area contributed by atoms with E-state index in [0.29, 0.717) is 12.1 Å². The Labute approximate surface area is 117 Å². The third kappa shape index (κ3) is 2.97. The van der Waals surface area contributed by atoms with Gasteiger partial charge in [-0.15, -0.1) is 0 Å². The van der Waals surface area contributed by atoms with Crippen molar-refractivity contribution in [2.24, 2.45) is 0 Å². The number of methoxy groups -OCH3 is 1. The van der Waals surface area contributed by atoms with Crippen molar-refractivity contribution in [2.75, 3.05) is 13.7 Å². The number of esters is 1. The molecule has 0 saturated carbocycles. The summed E-state index contributed by atoms with van der Waals surface area (Å²) in [5.74, 6) is -0.772. The van der Waals surface area contributed by atoms with Crippen LogP contribution >= 0.6 is 0 Å². The highest BCUT2D eigenvalue weighted by molar-refractivity contribution is 5.75. The van der Waals surface area contributed by atoms with Gasteiger partial charge in [0.05, 0.1) is 12.7 Å². The Morgan fingerprint density at radius 3 is 3.05 bits per heavy atom. The van der Waals surface area contributed by atoms with Crippen LogP contribution in [0.15, 0.2) is 18.2 Å². The van der Waals surface area contributed by atoms with Crippen LogP contribution in [0.2, 0.25) is 0 Å². The van der Waals surface area contributed by atoms with Crippen LogP contribution in [0.4, 0.5) is 4.39 Å². The van der Waals surface area contributed by atoms with Gasteiger partial charge in [0.25, 0.3) is 0 Å². The smallest absolute Gasteiger partial charge is 0.323 e. The van der Waals surface area contributed by atoms with Gasteiger partial charge in [0.2, 0.25) is 0 Å². The second kappa shape index (κ2) is 6.49. The number of rotatable bonds is 3. The number of benzene rings is 1. The molecule has 1 unspecified atom stereocenters. The molecule has 0 amide bonds. The highest BCUT2D eigenvalue weighted by Gasteiger charge is 2.30. The summed E-state index contributed by atoms with van der Waals surface area (Å²) in [5, 5.41) is 8.85. The van der Waals surface area contributed by atoms with E-state index >= 15 is 0 Å². The first-order valence-corrected chi connectivity index (χ1v) is 6.66. The van der Waals surface area contributed by atoms with Gasteiger partial charge in [0, 0.05) is 12.1 Å². The highest BCUT2D eigenvalue weighted by atomic mass is 19.1. The molecule has 1 atom stereocenters. The Balaban J connectivity index is 2.19. The maximum Gasteiger partial charge on any atom is 0.323 e. The molecule has 0 aliphatic carbocycles. The molecular weight excluding hydrogens is 259 g/mol. The van der Waals surface area contributed by atoms with Crippen LogP contribution in [-0.2, 0) is 16.1 Å². The van der Waals surface area contributed by atoms with E-state index in [4.69, 9.17) is 10.00 Å². The average molecular weight is 276 g/mol. The number of halogens is 1. The second-order valence-electron chi connectivity index (χ2n) is 4.90. The van der Waals surface area contributed by atoms with Gasteiger partial charge in [0.15, 0.2) is 0 Å². The molecule has 0 aromatic heterocycles. The summed E-state index contributed by atoms with van der Waals surface area (Å²) in [5.41, 5.74) is 0.481. The number of nitrogens with zero attached hydrogens (tertiary/aromatic N) is 2. The Hall–Kier alpha value is -1.93. The molecule has 5 heteroatoms. The van der Waals surface area contributed by atoms with Crippen molar-refractivity contribution in [3.63, 3.8) is 0 Å². The minimum Gasteiger partial charge on any atom is -0.468 e. The van der Waals surface area contributed by atoms with Crippen LogP contribution in [0.1, 0.15) is 30.4 Å². The summed E-state index contributed by atoms with van der Waals surface area (Å²) in [4.78, 5) is 13.7. The predicted octanol–water partition coefficient (Wildman–Crippen LogP) is 2.22. The van der Waals surface area contributed by atoms with Crippen molar-refractivity contribution in [1.82, 2.24) is 4.90 Å². The minimum atomic E-state index is -0.496. The van der Waals surface area contributed by atoms with E-state index in [1.165, 1.54) is 13.2 Å². The van der Waals surface area contributed by atoms with Gasteiger partial charge in [0.1, 0.15) is 17.9 Å². The van der Waals surface area contributed by atoms with E-state index in [0.717, 1.165) is 25.8 Å². The summed E-state index contributed by atoms with van der Waals surface area (Å²) in [6.45, 7) is 1.05. The lowest BCUT2D eigenvalue weighted by Crippen LogP contribution is -2.44. The van der Waals surface area contributed by atoms with Crippen LogP contribution in [0.3, 0.4) is 0 Å². The molecule has 4 nitrogen and oxygen atoms in total. The van der Waals surface area contributed by atoms with Crippen molar-refractivity contribution in [3.8, 4) is 6.07 Å². The summed E-state index contributed by atoms with van der Waals surface area (Å²) in [7, 11) is 1.37. The number of ether oxygens (including phenoxy) is 1. The molecule has 2 rings (SSSR count). The largest absolute Gasteiger partial charge is 0.468 e. The monoisotopic (exact) mass is 276 g/mol. The normalized spacial score (nSPS) is 19.4. The third-order valence-corrected chi connectivity index (χ3v) is 3.66. The van der Waals surface area contributed by atoms with E-state index in [2.05, 4.69) is 0 Å². The first-order valence-electron chi connectivity index (χ1n) is 6.66. The van der Waals surface area contributed by atoms with Crippen LogP contribution < -0.4 is 0 Å². The molecule has 1 heterocycles. The summed E-state index contributed by atoms with van der Waals surface area (Å²) >= 11 is 0. The van der Waals surface area contributed by atoms with Crippen molar-refractivity contribution >= 4 is 5.97 Å². The fraction of sp³-hybridized carbons (Fsp3) is 0.467. The summed E-state index contributed by atoms with van der Waals surface area (Å²) in [6.07, 6.45) is 2.68. The van der Waals surface area contributed by atoms with Gasteiger partial charge in [-0.25, -0.2) is 4.39 Å². The molecule has 20 heavy (non-hydrogen) atoms. The molecule has 1 saturated heterocycles. The van der Waals surface area contributed by atoms with Crippen LogP contribution in [0.5, 0.6) is 0 Å². The van der Waals surface area contributed by atoms with E-state index < -0.39 is 5.82 Å². The maximum absolute atomic E-state index is 14.1. The Kier molecular flexibility index (Phi) is 4.70. The van der Waals surface area contributed by atoms with Gasteiger partial charge in [-0.1, -0.05) is 18.6 Å². The molecule has 1 fully saturated rings. The maximum atomic E-state index is 14.1. The van der Waals surface area contributed by atoms with Crippen LogP contribution in [-0.4, -0.2) is 30.6 Å². The fourth-order valence-electron chi connectivity index (χ4n) is 2.59. The van der Waals surface area contributed by atoms with Gasteiger partial charge in [-0.3, -0.25) is 9.69 Å². The van der Waals surface area contributed by atoms with Crippen molar-refractivity contribution in [2.45, 2.75) is 31.8 Å². The number of hydrogen-bond donors (Lipinski definition) is 0. The lowest BCUT2D eigenvalue weighted by molar-refractivity contribution is -0.148. The quantitative estimate of drug-likeness (QED) is 0.794. The topological polar surface area (TPSA) is 53.3 Å². The average Bonchev–Trinajstić information content (AvgIpc) is 2.49. The standard InChI is InChI=1S/C15H17FN2O2/c1-20-15(19)13-7-2-3-8-18(13)10-12-6-4-5-11(9-17)14(12)16/h4-6,13H,2-3,7-8,10H2,1H3. The molecule has 1 aliphatic rings. The van der Waals surface area contributed by atoms with E-state index in [9.17, 15) is 9.18 Å². The lowest BCUT2D eigenvalue weighted by atomic mass is 10.0. The lowest BCUT2D eigenvalue weighted by Gasteiger charge is -2.33. The molecular formula is C15H17FN2O2. The first-order chi connectivity index (χ1) is 9.67. The van der Waals surface area contributed by atoms with E-state index in [-0.39, 0.29) is 17.6 Å². The summed E-state index contributed by atoms with van der Waals surface area (Å²) < 4.78 is 18.9. The van der Waals surface area contributed by atoms with Crippen LogP contribution in [0, 0.1) is 17.1 Å². The molecule has 0 radical (unpaired) electrons. The van der Waals surface area contributed by atoms with Crippen molar-refractivity contribution in [3.05, 3.63) is 35.1 Å². The molecule has 1 aromatic carbocycles. The third-order valence-electron chi connectivity index (χ3n) is 3.66. The predicted molar refractivity (Wildman–Crippen MR) is 71.2 cm³/mol. The summed E-state index contributed by atoms with van der Waals surface area (Å²) in [6, 6.07) is 6.28.